The molecule has 1 spiro atoms. The third kappa shape index (κ3) is 4.53. The lowest BCUT2D eigenvalue weighted by Crippen LogP contribution is -2.56. The van der Waals surface area contributed by atoms with E-state index in [1.807, 2.05) is 19.9 Å². The van der Waals surface area contributed by atoms with E-state index in [0.29, 0.717) is 30.8 Å². The van der Waals surface area contributed by atoms with Crippen molar-refractivity contribution in [3.8, 4) is 0 Å². The molecule has 0 bridgehead atoms. The first kappa shape index (κ1) is 25.2. The van der Waals surface area contributed by atoms with Crippen molar-refractivity contribution in [2.75, 3.05) is 53.2 Å². The number of fused-ring (bicyclic) bond motifs is 1. The number of hydrogen-bond acceptors (Lipinski definition) is 9. The topological polar surface area (TPSA) is 97.8 Å². The number of aliphatic hydroxyl groups is 1. The zero-order valence-electron chi connectivity index (χ0n) is 21.4. The number of nitrogens with zero attached hydrogens (tertiary/aromatic N) is 2. The number of β-amino-alcohol motifs (C(OH)–C–C–N with tert-alkyl or cyclic N) is 1. The number of carbonyl (C=O) groups excluding carboxylic acids is 2. The van der Waals surface area contributed by atoms with Gasteiger partial charge in [0.1, 0.15) is 20.0 Å². The van der Waals surface area contributed by atoms with Crippen LogP contribution in [-0.4, -0.2) is 86.2 Å². The fraction of sp³-hybridized carbons (Fsp3) is 0.630. The number of likely N-dealkylation sites (tertiary alicyclic amines) is 2. The van der Waals surface area contributed by atoms with Crippen LogP contribution in [-0.2, 0) is 30.3 Å². The highest BCUT2D eigenvalue weighted by Crippen LogP contribution is 2.44. The van der Waals surface area contributed by atoms with Crippen LogP contribution >= 0.6 is 0 Å². The molecule has 1 N–H and O–H groups in total. The summed E-state index contributed by atoms with van der Waals surface area (Å²) in [5.74, 6) is -0.519. The number of aliphatic hydroxyl groups excluding tert-OH is 1. The van der Waals surface area contributed by atoms with Crippen LogP contribution in [0.2, 0.25) is 0 Å². The molecular weight excluding hydrogens is 464 g/mol. The van der Waals surface area contributed by atoms with Crippen LogP contribution < -0.4 is 0 Å². The standard InChI is InChI=1S/C27H36N2O7/c1-17-19(4-5-20-21(17)14-34-26(20)32)23(30)12-28-9-6-27(7-10-28)8-11-29(13-24(27)36-16-33-3)22-15-35-25(31)18(22)2/h4-5,23-24,30H,6-16H2,1-3H3/t23?,24-/m0/s1. The van der Waals surface area contributed by atoms with E-state index in [1.54, 1.807) is 13.2 Å². The van der Waals surface area contributed by atoms with Gasteiger partial charge < -0.3 is 33.9 Å². The molecule has 0 aromatic heterocycles. The normalized spacial score (nSPS) is 24.8. The zero-order chi connectivity index (χ0) is 25.4. The SMILES string of the molecule is COCO[C@H]1CN(C2=C(C)C(=O)OC2)CCC12CCN(CC(O)c1ccc3c(c1C)COC3=O)CC2. The molecule has 2 atom stereocenters. The van der Waals surface area contributed by atoms with Gasteiger partial charge in [-0.15, -0.1) is 0 Å². The van der Waals surface area contributed by atoms with E-state index in [-0.39, 0.29) is 36.9 Å². The van der Waals surface area contributed by atoms with Crippen molar-refractivity contribution < 1.29 is 33.6 Å². The van der Waals surface area contributed by atoms with Gasteiger partial charge in [0.15, 0.2) is 0 Å². The average molecular weight is 501 g/mol. The molecule has 1 aromatic carbocycles. The molecule has 36 heavy (non-hydrogen) atoms. The highest BCUT2D eigenvalue weighted by Gasteiger charge is 2.47. The molecule has 1 unspecified atom stereocenters. The van der Waals surface area contributed by atoms with Crippen LogP contribution in [0.3, 0.4) is 0 Å². The summed E-state index contributed by atoms with van der Waals surface area (Å²) in [5.41, 5.74) is 5.00. The summed E-state index contributed by atoms with van der Waals surface area (Å²) >= 11 is 0. The van der Waals surface area contributed by atoms with Crippen LogP contribution in [0.15, 0.2) is 23.4 Å². The first-order valence-corrected chi connectivity index (χ1v) is 12.8. The van der Waals surface area contributed by atoms with E-state index in [1.165, 1.54) is 0 Å². The Labute approximate surface area is 211 Å². The summed E-state index contributed by atoms with van der Waals surface area (Å²) < 4.78 is 21.9. The lowest BCUT2D eigenvalue weighted by Gasteiger charge is -2.52. The van der Waals surface area contributed by atoms with Crippen LogP contribution in [0.4, 0.5) is 0 Å². The molecular formula is C27H36N2O7. The summed E-state index contributed by atoms with van der Waals surface area (Å²) in [4.78, 5) is 28.3. The molecule has 0 amide bonds. The van der Waals surface area contributed by atoms with Gasteiger partial charge in [-0.05, 0) is 63.4 Å². The fourth-order valence-electron chi connectivity index (χ4n) is 6.25. The third-order valence-electron chi connectivity index (χ3n) is 8.65. The highest BCUT2D eigenvalue weighted by molar-refractivity contribution is 5.94. The molecule has 0 radical (unpaired) electrons. The Morgan fingerprint density at radius 1 is 1.08 bits per heavy atom. The van der Waals surface area contributed by atoms with E-state index in [2.05, 4.69) is 9.80 Å². The molecule has 9 nitrogen and oxygen atoms in total. The molecule has 4 aliphatic heterocycles. The van der Waals surface area contributed by atoms with Gasteiger partial charge in [0.2, 0.25) is 0 Å². The predicted molar refractivity (Wildman–Crippen MR) is 130 cm³/mol. The average Bonchev–Trinajstić information content (AvgIpc) is 3.42. The molecule has 4 heterocycles. The van der Waals surface area contributed by atoms with Crippen LogP contribution in [0.25, 0.3) is 0 Å². The smallest absolute Gasteiger partial charge is 0.338 e. The number of rotatable bonds is 7. The predicted octanol–water partition coefficient (Wildman–Crippen LogP) is 2.31. The van der Waals surface area contributed by atoms with Gasteiger partial charge in [-0.25, -0.2) is 9.59 Å². The van der Waals surface area contributed by atoms with Gasteiger partial charge in [-0.3, -0.25) is 0 Å². The van der Waals surface area contributed by atoms with Gasteiger partial charge in [0.25, 0.3) is 0 Å². The molecule has 0 saturated carbocycles. The second-order valence-corrected chi connectivity index (χ2v) is 10.5. The Kier molecular flexibility index (Phi) is 7.09. The fourth-order valence-corrected chi connectivity index (χ4v) is 6.25. The molecule has 2 fully saturated rings. The van der Waals surface area contributed by atoms with Crippen molar-refractivity contribution in [1.82, 2.24) is 9.80 Å². The van der Waals surface area contributed by atoms with Gasteiger partial charge in [0, 0.05) is 37.7 Å². The van der Waals surface area contributed by atoms with Crippen molar-refractivity contribution in [2.24, 2.45) is 5.41 Å². The summed E-state index contributed by atoms with van der Waals surface area (Å²) in [6.07, 6.45) is 2.28. The Bertz CT molecular complexity index is 1060. The third-order valence-corrected chi connectivity index (χ3v) is 8.65. The summed E-state index contributed by atoms with van der Waals surface area (Å²) in [7, 11) is 1.64. The van der Waals surface area contributed by atoms with E-state index in [9.17, 15) is 14.7 Å². The molecule has 0 aliphatic carbocycles. The maximum Gasteiger partial charge on any atom is 0.338 e. The van der Waals surface area contributed by atoms with E-state index >= 15 is 0 Å². The first-order chi connectivity index (χ1) is 17.3. The second-order valence-electron chi connectivity index (χ2n) is 10.5. The maximum absolute atomic E-state index is 11.9. The number of benzene rings is 1. The summed E-state index contributed by atoms with van der Waals surface area (Å²) in [6, 6.07) is 3.63. The monoisotopic (exact) mass is 500 g/mol. The summed E-state index contributed by atoms with van der Waals surface area (Å²) in [5, 5.41) is 11.1. The molecule has 2 saturated heterocycles. The van der Waals surface area contributed by atoms with E-state index in [0.717, 1.165) is 61.3 Å². The minimum absolute atomic E-state index is 0.00855. The number of cyclic esters (lactones) is 2. The number of methoxy groups -OCH3 is 1. The first-order valence-electron chi connectivity index (χ1n) is 12.8. The van der Waals surface area contributed by atoms with Gasteiger partial charge >= 0.3 is 11.9 Å². The molecule has 1 aromatic rings. The van der Waals surface area contributed by atoms with E-state index in [4.69, 9.17) is 18.9 Å². The molecule has 4 aliphatic rings. The number of carbonyl (C=O) groups is 2. The Morgan fingerprint density at radius 3 is 2.50 bits per heavy atom. The quantitative estimate of drug-likeness (QED) is 0.447. The van der Waals surface area contributed by atoms with E-state index < -0.39 is 6.10 Å². The van der Waals surface area contributed by atoms with Gasteiger partial charge in [0.05, 0.1) is 29.0 Å². The number of hydrogen-bond donors (Lipinski definition) is 1. The van der Waals surface area contributed by atoms with Crippen LogP contribution in [0.1, 0.15) is 59.3 Å². The van der Waals surface area contributed by atoms with Crippen molar-refractivity contribution in [1.29, 1.82) is 0 Å². The zero-order valence-corrected chi connectivity index (χ0v) is 21.4. The minimum Gasteiger partial charge on any atom is -0.457 e. The van der Waals surface area contributed by atoms with Gasteiger partial charge in [-0.1, -0.05) is 6.07 Å². The molecule has 5 rings (SSSR count). The number of esters is 2. The van der Waals surface area contributed by atoms with Crippen molar-refractivity contribution in [2.45, 2.75) is 51.9 Å². The van der Waals surface area contributed by atoms with Gasteiger partial charge in [-0.2, -0.15) is 0 Å². The Morgan fingerprint density at radius 2 is 1.81 bits per heavy atom. The van der Waals surface area contributed by atoms with Crippen molar-refractivity contribution in [3.63, 3.8) is 0 Å². The lowest BCUT2D eigenvalue weighted by molar-refractivity contribution is -0.157. The molecule has 196 valence electrons. The summed E-state index contributed by atoms with van der Waals surface area (Å²) in [6.45, 7) is 8.52. The largest absolute Gasteiger partial charge is 0.457 e. The second kappa shape index (κ2) is 10.1. The Balaban J connectivity index is 1.23. The van der Waals surface area contributed by atoms with Crippen molar-refractivity contribution in [3.05, 3.63) is 45.7 Å². The lowest BCUT2D eigenvalue weighted by atomic mass is 9.69. The Hall–Kier alpha value is -2.46. The minimum atomic E-state index is -0.628. The van der Waals surface area contributed by atoms with Crippen molar-refractivity contribution >= 4 is 11.9 Å². The number of piperidine rings is 2. The van der Waals surface area contributed by atoms with Crippen LogP contribution in [0, 0.1) is 12.3 Å². The maximum atomic E-state index is 11.9. The highest BCUT2D eigenvalue weighted by atomic mass is 16.7. The molecule has 9 heteroatoms. The number of ether oxygens (including phenoxy) is 4. The van der Waals surface area contributed by atoms with Crippen LogP contribution in [0.5, 0.6) is 0 Å².